The van der Waals surface area contributed by atoms with Gasteiger partial charge in [0.2, 0.25) is 0 Å². The molecule has 0 aromatic rings. The third-order valence-corrected chi connectivity index (χ3v) is 2.45. The molecule has 3 nitrogen and oxygen atoms in total. The van der Waals surface area contributed by atoms with E-state index in [0.717, 1.165) is 25.7 Å². The lowest BCUT2D eigenvalue weighted by Gasteiger charge is -1.96. The van der Waals surface area contributed by atoms with E-state index in [1.54, 1.807) is 0 Å². The second kappa shape index (κ2) is 1.72. The summed E-state index contributed by atoms with van der Waals surface area (Å²) >= 11 is 0. The summed E-state index contributed by atoms with van der Waals surface area (Å²) in [4.78, 5) is 10.4. The van der Waals surface area contributed by atoms with Crippen LogP contribution in [0.25, 0.3) is 0 Å². The molecule has 1 spiro atoms. The first-order valence-electron chi connectivity index (χ1n) is 3.65. The molecule has 1 saturated carbocycles. The predicted octanol–water partition coefficient (Wildman–Crippen LogP) is 0.783. The van der Waals surface area contributed by atoms with Crippen molar-refractivity contribution in [1.82, 2.24) is 0 Å². The van der Waals surface area contributed by atoms with Crippen LogP contribution >= 0.6 is 0 Å². The Bertz CT molecular complexity index is 170. The highest BCUT2D eigenvalue weighted by Crippen LogP contribution is 2.49. The molecule has 0 aromatic carbocycles. The van der Waals surface area contributed by atoms with Gasteiger partial charge in [-0.3, -0.25) is 0 Å². The zero-order valence-electron chi connectivity index (χ0n) is 5.67. The molecule has 1 unspecified atom stereocenters. The number of hydrogen-bond donors (Lipinski definition) is 1. The quantitative estimate of drug-likeness (QED) is 0.550. The molecule has 1 aliphatic carbocycles. The van der Waals surface area contributed by atoms with Gasteiger partial charge in [-0.2, -0.15) is 0 Å². The first kappa shape index (κ1) is 6.16. The minimum Gasteiger partial charge on any atom is -0.479 e. The molecule has 0 bridgehead atoms. The summed E-state index contributed by atoms with van der Waals surface area (Å²) in [7, 11) is 0. The van der Waals surface area contributed by atoms with E-state index in [-0.39, 0.29) is 5.60 Å². The average molecular weight is 142 g/mol. The van der Waals surface area contributed by atoms with Gasteiger partial charge in [-0.05, 0) is 12.8 Å². The zero-order valence-corrected chi connectivity index (χ0v) is 5.67. The van der Waals surface area contributed by atoms with Crippen LogP contribution in [-0.2, 0) is 9.53 Å². The lowest BCUT2D eigenvalue weighted by atomic mass is 10.0. The fourth-order valence-corrected chi connectivity index (χ4v) is 1.83. The molecule has 1 saturated heterocycles. The Morgan fingerprint density at radius 2 is 2.10 bits per heavy atom. The Morgan fingerprint density at radius 1 is 1.50 bits per heavy atom. The summed E-state index contributed by atoms with van der Waals surface area (Å²) in [6.07, 6.45) is 3.68. The second-order valence-electron chi connectivity index (χ2n) is 3.11. The number of ether oxygens (including phenoxy) is 1. The van der Waals surface area contributed by atoms with Crippen molar-refractivity contribution >= 4 is 5.97 Å². The Balaban J connectivity index is 2.04. The fourth-order valence-electron chi connectivity index (χ4n) is 1.83. The number of aliphatic carboxylic acids is 1. The summed E-state index contributed by atoms with van der Waals surface area (Å²) < 4.78 is 5.13. The molecule has 1 N–H and O–H groups in total. The van der Waals surface area contributed by atoms with Crippen molar-refractivity contribution in [3.8, 4) is 0 Å². The Labute approximate surface area is 59.0 Å². The van der Waals surface area contributed by atoms with Gasteiger partial charge in [0.25, 0.3) is 0 Å². The van der Waals surface area contributed by atoms with Crippen molar-refractivity contribution in [2.75, 3.05) is 0 Å². The predicted molar refractivity (Wildman–Crippen MR) is 33.7 cm³/mol. The smallest absolute Gasteiger partial charge is 0.335 e. The Kier molecular flexibility index (Phi) is 1.06. The first-order chi connectivity index (χ1) is 4.75. The molecule has 1 atom stereocenters. The third-order valence-electron chi connectivity index (χ3n) is 2.45. The van der Waals surface area contributed by atoms with Crippen LogP contribution in [0.15, 0.2) is 0 Å². The van der Waals surface area contributed by atoms with E-state index >= 15 is 0 Å². The van der Waals surface area contributed by atoms with Gasteiger partial charge in [-0.15, -0.1) is 0 Å². The van der Waals surface area contributed by atoms with E-state index in [0.29, 0.717) is 0 Å². The number of carbonyl (C=O) groups is 1. The largest absolute Gasteiger partial charge is 0.479 e. The van der Waals surface area contributed by atoms with E-state index in [2.05, 4.69) is 0 Å². The van der Waals surface area contributed by atoms with Crippen LogP contribution in [-0.4, -0.2) is 22.8 Å². The van der Waals surface area contributed by atoms with Crippen LogP contribution in [0.5, 0.6) is 0 Å². The number of hydrogen-bond acceptors (Lipinski definition) is 2. The zero-order chi connectivity index (χ0) is 7.19. The van der Waals surface area contributed by atoms with Crippen LogP contribution < -0.4 is 0 Å². The van der Waals surface area contributed by atoms with Crippen molar-refractivity contribution in [3.63, 3.8) is 0 Å². The highest BCUT2D eigenvalue weighted by atomic mass is 16.6. The first-order valence-corrected chi connectivity index (χ1v) is 3.65. The molecular weight excluding hydrogens is 132 g/mol. The van der Waals surface area contributed by atoms with E-state index in [1.807, 2.05) is 0 Å². The number of epoxide rings is 1. The van der Waals surface area contributed by atoms with Crippen molar-refractivity contribution in [1.29, 1.82) is 0 Å². The van der Waals surface area contributed by atoms with Crippen molar-refractivity contribution in [2.45, 2.75) is 37.4 Å². The molecule has 0 radical (unpaired) electrons. The van der Waals surface area contributed by atoms with Gasteiger partial charge in [-0.25, -0.2) is 4.79 Å². The lowest BCUT2D eigenvalue weighted by Crippen LogP contribution is -2.16. The normalized spacial score (nSPS) is 34.6. The molecule has 56 valence electrons. The van der Waals surface area contributed by atoms with E-state index in [9.17, 15) is 4.79 Å². The molecule has 2 aliphatic rings. The standard InChI is InChI=1S/C7H10O3/c8-6(9)5-7(10-5)3-1-2-4-7/h5H,1-4H2,(H,8,9). The lowest BCUT2D eigenvalue weighted by molar-refractivity contribution is -0.138. The van der Waals surface area contributed by atoms with Crippen LogP contribution in [0.3, 0.4) is 0 Å². The molecule has 0 amide bonds. The van der Waals surface area contributed by atoms with Gasteiger partial charge in [0.1, 0.15) is 5.60 Å². The molecule has 2 fully saturated rings. The van der Waals surface area contributed by atoms with E-state index in [4.69, 9.17) is 9.84 Å². The summed E-state index contributed by atoms with van der Waals surface area (Å²) in [5, 5.41) is 8.55. The summed E-state index contributed by atoms with van der Waals surface area (Å²) in [5.74, 6) is -0.790. The summed E-state index contributed by atoms with van der Waals surface area (Å²) in [6.45, 7) is 0. The van der Waals surface area contributed by atoms with Crippen molar-refractivity contribution < 1.29 is 14.6 Å². The molecule has 2 rings (SSSR count). The number of carboxylic acids is 1. The van der Waals surface area contributed by atoms with E-state index < -0.39 is 12.1 Å². The van der Waals surface area contributed by atoms with Gasteiger partial charge >= 0.3 is 5.97 Å². The molecule has 3 heteroatoms. The third kappa shape index (κ3) is 0.669. The molecule has 1 aliphatic heterocycles. The number of carboxylic acid groups (broad SMARTS) is 1. The number of rotatable bonds is 1. The van der Waals surface area contributed by atoms with Crippen LogP contribution in [0.4, 0.5) is 0 Å². The van der Waals surface area contributed by atoms with Crippen LogP contribution in [0, 0.1) is 0 Å². The Hall–Kier alpha value is -0.570. The molecule has 0 aromatic heterocycles. The molecular formula is C7H10O3. The van der Waals surface area contributed by atoms with Crippen LogP contribution in [0.2, 0.25) is 0 Å². The minimum absolute atomic E-state index is 0.216. The maximum Gasteiger partial charge on any atom is 0.335 e. The molecule has 1 heterocycles. The fraction of sp³-hybridized carbons (Fsp3) is 0.857. The van der Waals surface area contributed by atoms with Gasteiger partial charge < -0.3 is 9.84 Å². The minimum atomic E-state index is -0.790. The highest BCUT2D eigenvalue weighted by Gasteiger charge is 2.61. The highest BCUT2D eigenvalue weighted by molar-refractivity contribution is 5.77. The Morgan fingerprint density at radius 3 is 2.50 bits per heavy atom. The van der Waals surface area contributed by atoms with Crippen molar-refractivity contribution in [3.05, 3.63) is 0 Å². The van der Waals surface area contributed by atoms with Gasteiger partial charge in [0.15, 0.2) is 6.10 Å². The van der Waals surface area contributed by atoms with Crippen LogP contribution in [0.1, 0.15) is 25.7 Å². The van der Waals surface area contributed by atoms with Crippen molar-refractivity contribution in [2.24, 2.45) is 0 Å². The average Bonchev–Trinajstić information content (AvgIpc) is 2.32. The topological polar surface area (TPSA) is 49.8 Å². The van der Waals surface area contributed by atoms with Gasteiger partial charge in [0, 0.05) is 0 Å². The summed E-state index contributed by atoms with van der Waals surface area (Å²) in [5.41, 5.74) is -0.216. The molecule has 10 heavy (non-hydrogen) atoms. The SMILES string of the molecule is O=C(O)C1OC12CCCC2. The maximum absolute atomic E-state index is 10.4. The monoisotopic (exact) mass is 142 g/mol. The second-order valence-corrected chi connectivity index (χ2v) is 3.11. The van der Waals surface area contributed by atoms with Gasteiger partial charge in [-0.1, -0.05) is 12.8 Å². The maximum atomic E-state index is 10.4. The van der Waals surface area contributed by atoms with E-state index in [1.165, 1.54) is 0 Å². The summed E-state index contributed by atoms with van der Waals surface area (Å²) in [6, 6.07) is 0. The van der Waals surface area contributed by atoms with Gasteiger partial charge in [0.05, 0.1) is 0 Å².